The van der Waals surface area contributed by atoms with Crippen molar-refractivity contribution in [2.45, 2.75) is 11.8 Å². The smallest absolute Gasteiger partial charge is 0.261 e. The number of anilines is 1. The van der Waals surface area contributed by atoms with Crippen LogP contribution in [0.5, 0.6) is 5.75 Å². The van der Waals surface area contributed by atoms with Crippen LogP contribution < -0.4 is 9.46 Å². The quantitative estimate of drug-likeness (QED) is 0.497. The van der Waals surface area contributed by atoms with Crippen molar-refractivity contribution >= 4 is 21.4 Å². The Morgan fingerprint density at radius 2 is 1.77 bits per heavy atom. The average Bonchev–Trinajstić information content (AvgIpc) is 2.50. The summed E-state index contributed by atoms with van der Waals surface area (Å²) >= 11 is 0. The van der Waals surface area contributed by atoms with E-state index in [9.17, 15) is 8.42 Å². The minimum atomic E-state index is -3.70. The second kappa shape index (κ2) is 6.84. The number of hydrogen-bond donors (Lipinski definition) is 1. The van der Waals surface area contributed by atoms with Gasteiger partial charge in [0.1, 0.15) is 5.75 Å². The summed E-state index contributed by atoms with van der Waals surface area (Å²) in [5, 5.41) is 3.39. The van der Waals surface area contributed by atoms with Gasteiger partial charge in [-0.3, -0.25) is 4.72 Å². The van der Waals surface area contributed by atoms with Gasteiger partial charge in [-0.1, -0.05) is 17.2 Å². The molecular formula is C14H14N4O3S. The lowest BCUT2D eigenvalue weighted by molar-refractivity contribution is 0.340. The zero-order chi connectivity index (χ0) is 16.0. The molecule has 0 spiro atoms. The standard InChI is InChI=1S/C14H14N4O3S/c1-2-21-13-7-3-12(4-8-13)17-22(19,20)14-9-5-11(6-10-14)16-18-15/h3-10,17H,2H2,1H3. The van der Waals surface area contributed by atoms with Gasteiger partial charge in [0.15, 0.2) is 0 Å². The summed E-state index contributed by atoms with van der Waals surface area (Å²) in [5.74, 6) is 0.671. The molecule has 0 heterocycles. The highest BCUT2D eigenvalue weighted by Crippen LogP contribution is 2.21. The lowest BCUT2D eigenvalue weighted by Gasteiger charge is -2.09. The first kappa shape index (κ1) is 15.7. The summed E-state index contributed by atoms with van der Waals surface area (Å²) in [6.45, 7) is 2.42. The second-order valence-electron chi connectivity index (χ2n) is 4.25. The van der Waals surface area contributed by atoms with Gasteiger partial charge in [0.05, 0.1) is 11.5 Å². The maximum Gasteiger partial charge on any atom is 0.261 e. The molecule has 8 heteroatoms. The van der Waals surface area contributed by atoms with Crippen LogP contribution in [0.15, 0.2) is 58.5 Å². The lowest BCUT2D eigenvalue weighted by Crippen LogP contribution is -2.12. The van der Waals surface area contributed by atoms with Crippen molar-refractivity contribution in [3.05, 3.63) is 59.0 Å². The number of benzene rings is 2. The maximum atomic E-state index is 12.2. The van der Waals surface area contributed by atoms with Crippen LogP contribution in [0.1, 0.15) is 6.92 Å². The maximum absolute atomic E-state index is 12.2. The molecule has 0 aliphatic heterocycles. The molecule has 0 amide bonds. The van der Waals surface area contributed by atoms with Crippen molar-refractivity contribution in [2.75, 3.05) is 11.3 Å². The van der Waals surface area contributed by atoms with Gasteiger partial charge in [0, 0.05) is 16.3 Å². The first-order valence-electron chi connectivity index (χ1n) is 6.46. The predicted octanol–water partition coefficient (Wildman–Crippen LogP) is 3.83. The van der Waals surface area contributed by atoms with Gasteiger partial charge in [0.2, 0.25) is 0 Å². The van der Waals surface area contributed by atoms with Crippen LogP contribution in [-0.2, 0) is 10.0 Å². The van der Waals surface area contributed by atoms with E-state index >= 15 is 0 Å². The molecule has 0 unspecified atom stereocenters. The van der Waals surface area contributed by atoms with Crippen LogP contribution in [0.25, 0.3) is 10.4 Å². The van der Waals surface area contributed by atoms with Crippen molar-refractivity contribution < 1.29 is 13.2 Å². The van der Waals surface area contributed by atoms with Gasteiger partial charge in [0.25, 0.3) is 10.0 Å². The number of hydrogen-bond acceptors (Lipinski definition) is 4. The molecule has 114 valence electrons. The number of sulfonamides is 1. The fourth-order valence-electron chi connectivity index (χ4n) is 1.74. The van der Waals surface area contributed by atoms with Crippen molar-refractivity contribution in [3.8, 4) is 5.75 Å². The predicted molar refractivity (Wildman–Crippen MR) is 83.7 cm³/mol. The zero-order valence-corrected chi connectivity index (χ0v) is 12.6. The van der Waals surface area contributed by atoms with Crippen LogP contribution in [-0.4, -0.2) is 15.0 Å². The van der Waals surface area contributed by atoms with E-state index in [2.05, 4.69) is 14.7 Å². The Balaban J connectivity index is 2.17. The van der Waals surface area contributed by atoms with Gasteiger partial charge in [-0.05, 0) is 48.9 Å². The highest BCUT2D eigenvalue weighted by Gasteiger charge is 2.13. The highest BCUT2D eigenvalue weighted by molar-refractivity contribution is 7.92. The number of ether oxygens (including phenoxy) is 1. The summed E-state index contributed by atoms with van der Waals surface area (Å²) in [5.41, 5.74) is 9.10. The molecule has 0 fully saturated rings. The Morgan fingerprint density at radius 3 is 2.32 bits per heavy atom. The van der Waals surface area contributed by atoms with Gasteiger partial charge in [-0.2, -0.15) is 0 Å². The monoisotopic (exact) mass is 318 g/mol. The molecule has 2 rings (SSSR count). The van der Waals surface area contributed by atoms with Crippen molar-refractivity contribution in [3.63, 3.8) is 0 Å². The molecular weight excluding hydrogens is 304 g/mol. The van der Waals surface area contributed by atoms with E-state index in [4.69, 9.17) is 10.3 Å². The van der Waals surface area contributed by atoms with Crippen molar-refractivity contribution in [1.29, 1.82) is 0 Å². The molecule has 0 aromatic heterocycles. The van der Waals surface area contributed by atoms with Crippen LogP contribution >= 0.6 is 0 Å². The topological polar surface area (TPSA) is 104 Å². The lowest BCUT2D eigenvalue weighted by atomic mass is 10.3. The Labute approximate surface area is 128 Å². The summed E-state index contributed by atoms with van der Waals surface area (Å²) in [6.07, 6.45) is 0. The van der Waals surface area contributed by atoms with Gasteiger partial charge in [-0.15, -0.1) is 0 Å². The molecule has 0 saturated carbocycles. The van der Waals surface area contributed by atoms with Gasteiger partial charge in [-0.25, -0.2) is 8.42 Å². The molecule has 2 aromatic carbocycles. The van der Waals surface area contributed by atoms with Gasteiger partial charge >= 0.3 is 0 Å². The SMILES string of the molecule is CCOc1ccc(NS(=O)(=O)c2ccc(N=[N+]=[N-])cc2)cc1. The van der Waals surface area contributed by atoms with Crippen LogP contribution in [0.3, 0.4) is 0 Å². The Hall–Kier alpha value is -2.70. The molecule has 0 atom stereocenters. The van der Waals surface area contributed by atoms with E-state index in [0.29, 0.717) is 23.7 Å². The summed E-state index contributed by atoms with van der Waals surface area (Å²) < 4.78 is 32.2. The Morgan fingerprint density at radius 1 is 1.14 bits per heavy atom. The molecule has 0 bridgehead atoms. The minimum absolute atomic E-state index is 0.0817. The number of azide groups is 1. The van der Waals surface area contributed by atoms with E-state index in [1.807, 2.05) is 6.92 Å². The number of rotatable bonds is 6. The molecule has 0 aliphatic carbocycles. The molecule has 2 aromatic rings. The van der Waals surface area contributed by atoms with Crippen LogP contribution in [0.2, 0.25) is 0 Å². The van der Waals surface area contributed by atoms with E-state index in [1.54, 1.807) is 24.3 Å². The van der Waals surface area contributed by atoms with E-state index in [0.717, 1.165) is 0 Å². The minimum Gasteiger partial charge on any atom is -0.494 e. The average molecular weight is 318 g/mol. The third-order valence-electron chi connectivity index (χ3n) is 2.72. The molecule has 0 radical (unpaired) electrons. The number of nitrogens with one attached hydrogen (secondary N) is 1. The van der Waals surface area contributed by atoms with E-state index in [1.165, 1.54) is 24.3 Å². The first-order valence-corrected chi connectivity index (χ1v) is 7.94. The molecule has 22 heavy (non-hydrogen) atoms. The third kappa shape index (κ3) is 3.91. The van der Waals surface area contributed by atoms with E-state index in [-0.39, 0.29) is 4.90 Å². The van der Waals surface area contributed by atoms with Crippen LogP contribution in [0.4, 0.5) is 11.4 Å². The molecule has 0 aliphatic rings. The fourth-order valence-corrected chi connectivity index (χ4v) is 2.80. The fraction of sp³-hybridized carbons (Fsp3) is 0.143. The largest absolute Gasteiger partial charge is 0.494 e. The molecule has 0 saturated heterocycles. The summed E-state index contributed by atoms with van der Waals surface area (Å²) in [7, 11) is -3.70. The highest BCUT2D eigenvalue weighted by atomic mass is 32.2. The number of nitrogens with zero attached hydrogens (tertiary/aromatic N) is 3. The Kier molecular flexibility index (Phi) is 4.88. The molecule has 1 N–H and O–H groups in total. The van der Waals surface area contributed by atoms with Crippen LogP contribution in [0, 0.1) is 0 Å². The summed E-state index contributed by atoms with van der Waals surface area (Å²) in [4.78, 5) is 2.72. The molecule has 7 nitrogen and oxygen atoms in total. The van der Waals surface area contributed by atoms with E-state index < -0.39 is 10.0 Å². The Bertz CT molecular complexity index is 780. The third-order valence-corrected chi connectivity index (χ3v) is 4.12. The van der Waals surface area contributed by atoms with Gasteiger partial charge < -0.3 is 4.74 Å². The summed E-state index contributed by atoms with van der Waals surface area (Å²) in [6, 6.07) is 12.2. The van der Waals surface area contributed by atoms with Crippen molar-refractivity contribution in [1.82, 2.24) is 0 Å². The first-order chi connectivity index (χ1) is 10.5. The second-order valence-corrected chi connectivity index (χ2v) is 5.93. The van der Waals surface area contributed by atoms with Crippen molar-refractivity contribution in [2.24, 2.45) is 5.11 Å². The normalized spacial score (nSPS) is 10.6. The zero-order valence-electron chi connectivity index (χ0n) is 11.8.